The first-order valence-corrected chi connectivity index (χ1v) is 5.17. The molecule has 0 bridgehead atoms. The van der Waals surface area contributed by atoms with Crippen molar-refractivity contribution < 1.29 is 19.8 Å². The van der Waals surface area contributed by atoms with E-state index in [1.165, 1.54) is 0 Å². The van der Waals surface area contributed by atoms with Gasteiger partial charge in [-0.3, -0.25) is 9.59 Å². The summed E-state index contributed by atoms with van der Waals surface area (Å²) in [4.78, 5) is 22.5. The molecule has 0 fully saturated rings. The Bertz CT molecular complexity index is 241. The summed E-state index contributed by atoms with van der Waals surface area (Å²) in [6, 6.07) is 0. The zero-order valence-corrected chi connectivity index (χ0v) is 9.83. The molecule has 0 radical (unpaired) electrons. The zero-order valence-electron chi connectivity index (χ0n) is 9.83. The maximum absolute atomic E-state index is 11.2. The van der Waals surface area contributed by atoms with Crippen LogP contribution in [0.4, 0.5) is 0 Å². The summed E-state index contributed by atoms with van der Waals surface area (Å²) >= 11 is 0. The molecule has 0 atom stereocenters. The second kappa shape index (κ2) is 6.82. The van der Waals surface area contributed by atoms with Gasteiger partial charge in [-0.1, -0.05) is 40.5 Å². The van der Waals surface area contributed by atoms with E-state index in [9.17, 15) is 19.8 Å². The predicted molar refractivity (Wildman–Crippen MR) is 65.2 cm³/mol. The van der Waals surface area contributed by atoms with Gasteiger partial charge in [-0.15, -0.1) is 0 Å². The van der Waals surface area contributed by atoms with E-state index >= 15 is 0 Å². The van der Waals surface area contributed by atoms with Crippen LogP contribution in [0.3, 0.4) is 0 Å². The van der Waals surface area contributed by atoms with Crippen LogP contribution in [-0.4, -0.2) is 59.9 Å². The second-order valence-electron chi connectivity index (χ2n) is 4.87. The number of carboxylic acids is 2. The van der Waals surface area contributed by atoms with Crippen LogP contribution in [0.15, 0.2) is 0 Å². The molecule has 0 aromatic rings. The summed E-state index contributed by atoms with van der Waals surface area (Å²) in [6.07, 6.45) is 1.58. The van der Waals surface area contributed by atoms with Gasteiger partial charge >= 0.3 is 49.7 Å². The third-order valence-corrected chi connectivity index (χ3v) is 2.92. The molecule has 0 amide bonds. The van der Waals surface area contributed by atoms with Gasteiger partial charge in [-0.2, -0.15) is 0 Å². The molecule has 92 valence electrons. The standard InChI is InChI=1S/C11H20O4.Ca.2H/c1-5-6-7-11(8(12)13,9(14)15)10(2,3)4;;;/h5-7H2,1-4H3,(H,12,13)(H,14,15);;;. The van der Waals surface area contributed by atoms with Crippen molar-refractivity contribution in [2.45, 2.75) is 47.0 Å². The number of hydrogen-bond donors (Lipinski definition) is 2. The Kier molecular flexibility index (Phi) is 7.91. The first kappa shape index (κ1) is 18.6. The van der Waals surface area contributed by atoms with Gasteiger partial charge < -0.3 is 10.2 Å². The molecule has 0 aromatic carbocycles. The molecule has 0 saturated heterocycles. The minimum atomic E-state index is -1.68. The summed E-state index contributed by atoms with van der Waals surface area (Å²) in [5.41, 5.74) is -2.47. The van der Waals surface area contributed by atoms with Crippen LogP contribution < -0.4 is 0 Å². The number of rotatable bonds is 5. The van der Waals surface area contributed by atoms with E-state index in [-0.39, 0.29) is 44.2 Å². The van der Waals surface area contributed by atoms with E-state index in [4.69, 9.17) is 0 Å². The Hall–Kier alpha value is 0.200. The molecule has 0 saturated carbocycles. The van der Waals surface area contributed by atoms with Crippen LogP contribution in [0.5, 0.6) is 0 Å². The van der Waals surface area contributed by atoms with E-state index in [1.54, 1.807) is 20.8 Å². The van der Waals surface area contributed by atoms with E-state index in [1.807, 2.05) is 6.92 Å². The average molecular weight is 258 g/mol. The minimum absolute atomic E-state index is 0. The Morgan fingerprint density at radius 2 is 1.44 bits per heavy atom. The Labute approximate surface area is 126 Å². The molecule has 0 aliphatic carbocycles. The number of aliphatic carboxylic acids is 2. The van der Waals surface area contributed by atoms with Crippen LogP contribution >= 0.6 is 0 Å². The van der Waals surface area contributed by atoms with Crippen LogP contribution in [-0.2, 0) is 9.59 Å². The van der Waals surface area contributed by atoms with Gasteiger partial charge in [0.15, 0.2) is 5.41 Å². The predicted octanol–water partition coefficient (Wildman–Crippen LogP) is 1.46. The molecule has 0 heterocycles. The fourth-order valence-corrected chi connectivity index (χ4v) is 1.76. The molecule has 5 heteroatoms. The Morgan fingerprint density at radius 3 is 1.62 bits per heavy atom. The van der Waals surface area contributed by atoms with E-state index in [0.29, 0.717) is 6.42 Å². The van der Waals surface area contributed by atoms with Crippen LogP contribution in [0, 0.1) is 10.8 Å². The second-order valence-corrected chi connectivity index (χ2v) is 4.87. The molecule has 0 aliphatic heterocycles. The molecule has 0 rings (SSSR count). The molecular formula is C11H22CaO4. The molecule has 16 heavy (non-hydrogen) atoms. The first-order chi connectivity index (χ1) is 6.70. The van der Waals surface area contributed by atoms with Gasteiger partial charge in [0.2, 0.25) is 0 Å². The van der Waals surface area contributed by atoms with E-state index in [0.717, 1.165) is 6.42 Å². The van der Waals surface area contributed by atoms with Gasteiger partial charge in [0, 0.05) is 0 Å². The van der Waals surface area contributed by atoms with Crippen molar-refractivity contribution in [3.8, 4) is 0 Å². The van der Waals surface area contributed by atoms with Crippen molar-refractivity contribution in [1.82, 2.24) is 0 Å². The van der Waals surface area contributed by atoms with Gasteiger partial charge in [0.05, 0.1) is 0 Å². The van der Waals surface area contributed by atoms with Crippen LogP contribution in [0.1, 0.15) is 47.0 Å². The van der Waals surface area contributed by atoms with Crippen molar-refractivity contribution in [2.24, 2.45) is 10.8 Å². The topological polar surface area (TPSA) is 74.6 Å². The van der Waals surface area contributed by atoms with Crippen molar-refractivity contribution >= 4 is 49.7 Å². The van der Waals surface area contributed by atoms with Gasteiger partial charge in [-0.25, -0.2) is 0 Å². The number of unbranched alkanes of at least 4 members (excludes halogenated alkanes) is 1. The molecule has 0 spiro atoms. The van der Waals surface area contributed by atoms with E-state index < -0.39 is 22.8 Å². The molecule has 0 aliphatic rings. The summed E-state index contributed by atoms with van der Waals surface area (Å²) in [5, 5.41) is 18.4. The summed E-state index contributed by atoms with van der Waals surface area (Å²) in [5.74, 6) is -2.48. The van der Waals surface area contributed by atoms with Gasteiger partial charge in [-0.05, 0) is 11.8 Å². The Morgan fingerprint density at radius 1 is 1.06 bits per heavy atom. The normalized spacial score (nSPS) is 11.8. The number of carboxylic acid groups (broad SMARTS) is 2. The zero-order chi connectivity index (χ0) is 12.3. The average Bonchev–Trinajstić information content (AvgIpc) is 2.01. The van der Waals surface area contributed by atoms with E-state index in [2.05, 4.69) is 0 Å². The molecule has 0 unspecified atom stereocenters. The molecule has 2 N–H and O–H groups in total. The van der Waals surface area contributed by atoms with Crippen molar-refractivity contribution in [1.29, 1.82) is 0 Å². The van der Waals surface area contributed by atoms with Gasteiger partial charge in [0.25, 0.3) is 0 Å². The third kappa shape index (κ3) is 3.60. The first-order valence-electron chi connectivity index (χ1n) is 5.17. The molecule has 4 nitrogen and oxygen atoms in total. The van der Waals surface area contributed by atoms with Crippen molar-refractivity contribution in [3.63, 3.8) is 0 Å². The van der Waals surface area contributed by atoms with Gasteiger partial charge in [0.1, 0.15) is 0 Å². The SMILES string of the molecule is CCCCC(C(=O)O)(C(=O)O)C(C)(C)C.[CaH2]. The Balaban J connectivity index is 0. The summed E-state index contributed by atoms with van der Waals surface area (Å²) < 4.78 is 0. The van der Waals surface area contributed by atoms with Crippen molar-refractivity contribution in [2.75, 3.05) is 0 Å². The fourth-order valence-electron chi connectivity index (χ4n) is 1.76. The molecule has 0 aromatic heterocycles. The monoisotopic (exact) mass is 258 g/mol. The number of hydrogen-bond acceptors (Lipinski definition) is 2. The van der Waals surface area contributed by atoms with Crippen LogP contribution in [0.25, 0.3) is 0 Å². The fraction of sp³-hybridized carbons (Fsp3) is 0.818. The molecular weight excluding hydrogens is 236 g/mol. The van der Waals surface area contributed by atoms with Crippen LogP contribution in [0.2, 0.25) is 0 Å². The maximum atomic E-state index is 11.2. The quantitative estimate of drug-likeness (QED) is 0.578. The summed E-state index contributed by atoms with van der Waals surface area (Å²) in [7, 11) is 0. The third-order valence-electron chi connectivity index (χ3n) is 2.92. The van der Waals surface area contributed by atoms with Crippen molar-refractivity contribution in [3.05, 3.63) is 0 Å². The summed E-state index contributed by atoms with van der Waals surface area (Å²) in [6.45, 7) is 6.89. The number of carbonyl (C=O) groups is 2.